The Labute approximate surface area is 111 Å². The smallest absolute Gasteiger partial charge is 0.0921 e. The van der Waals surface area contributed by atoms with E-state index in [1.54, 1.807) is 11.3 Å². The van der Waals surface area contributed by atoms with Crippen molar-refractivity contribution in [3.8, 4) is 0 Å². The van der Waals surface area contributed by atoms with E-state index in [2.05, 4.69) is 42.8 Å². The molecule has 0 aliphatic carbocycles. The highest BCUT2D eigenvalue weighted by Crippen LogP contribution is 2.38. The van der Waals surface area contributed by atoms with Crippen molar-refractivity contribution < 1.29 is 5.11 Å². The van der Waals surface area contributed by atoms with Crippen LogP contribution in [-0.2, 0) is 0 Å². The minimum absolute atomic E-state index is 0.298. The van der Waals surface area contributed by atoms with Crippen molar-refractivity contribution in [2.24, 2.45) is 5.92 Å². The Morgan fingerprint density at radius 3 is 2.25 bits per heavy atom. The van der Waals surface area contributed by atoms with E-state index in [1.165, 1.54) is 4.88 Å². The fraction of sp³-hybridized carbons (Fsp3) is 0.692. The Balaban J connectivity index is 2.80. The van der Waals surface area contributed by atoms with Crippen LogP contribution in [0.1, 0.15) is 55.4 Å². The summed E-state index contributed by atoms with van der Waals surface area (Å²) in [6.07, 6.45) is 4.21. The lowest BCUT2D eigenvalue weighted by Gasteiger charge is -2.21. The van der Waals surface area contributed by atoms with E-state index in [4.69, 9.17) is 0 Å². The second-order valence-electron chi connectivity index (χ2n) is 4.35. The number of hydrogen-bond acceptors (Lipinski definition) is 2. The van der Waals surface area contributed by atoms with Crippen LogP contribution >= 0.6 is 27.3 Å². The maximum Gasteiger partial charge on any atom is 0.0921 e. The molecule has 1 N–H and O–H groups in total. The van der Waals surface area contributed by atoms with Gasteiger partial charge in [-0.05, 0) is 47.7 Å². The van der Waals surface area contributed by atoms with Gasteiger partial charge in [0.1, 0.15) is 0 Å². The lowest BCUT2D eigenvalue weighted by atomic mass is 9.91. The van der Waals surface area contributed by atoms with Gasteiger partial charge in [-0.2, -0.15) is 0 Å². The molecule has 1 unspecified atom stereocenters. The zero-order valence-corrected chi connectivity index (χ0v) is 12.7. The number of rotatable bonds is 6. The van der Waals surface area contributed by atoms with Crippen LogP contribution in [0.3, 0.4) is 0 Å². The van der Waals surface area contributed by atoms with Crippen molar-refractivity contribution in [1.29, 1.82) is 0 Å². The van der Waals surface area contributed by atoms with E-state index in [-0.39, 0.29) is 6.10 Å². The summed E-state index contributed by atoms with van der Waals surface area (Å²) < 4.78 is 1.07. The van der Waals surface area contributed by atoms with Gasteiger partial charge in [0.25, 0.3) is 0 Å². The minimum Gasteiger partial charge on any atom is -0.387 e. The first-order valence-corrected chi connectivity index (χ1v) is 7.64. The zero-order valence-electron chi connectivity index (χ0n) is 10.3. The van der Waals surface area contributed by atoms with Crippen LogP contribution in [0, 0.1) is 12.8 Å². The molecule has 92 valence electrons. The van der Waals surface area contributed by atoms with Gasteiger partial charge in [-0.3, -0.25) is 0 Å². The van der Waals surface area contributed by atoms with E-state index >= 15 is 0 Å². The predicted octanol–water partition coefficient (Wildman–Crippen LogP) is 5.07. The molecule has 0 aromatic carbocycles. The number of hydrogen-bond donors (Lipinski definition) is 1. The molecule has 0 spiro atoms. The standard InChI is InChI=1S/C13H21BrOS/c1-4-6-10(7-5-2)12(15)13-11(14)8-9(3)16-13/h8,10,12,15H,4-7H2,1-3H3. The van der Waals surface area contributed by atoms with Crippen LogP contribution in [0.25, 0.3) is 0 Å². The summed E-state index contributed by atoms with van der Waals surface area (Å²) in [4.78, 5) is 2.36. The molecule has 3 heteroatoms. The fourth-order valence-electron chi connectivity index (χ4n) is 2.12. The number of aliphatic hydroxyl groups is 1. The molecule has 1 atom stereocenters. The van der Waals surface area contributed by atoms with Gasteiger partial charge in [0.15, 0.2) is 0 Å². The monoisotopic (exact) mass is 304 g/mol. The molecule has 1 nitrogen and oxygen atoms in total. The van der Waals surface area contributed by atoms with Crippen LogP contribution in [0.15, 0.2) is 10.5 Å². The van der Waals surface area contributed by atoms with Gasteiger partial charge in [0, 0.05) is 14.2 Å². The van der Waals surface area contributed by atoms with Gasteiger partial charge in [-0.25, -0.2) is 0 Å². The highest BCUT2D eigenvalue weighted by Gasteiger charge is 2.23. The van der Waals surface area contributed by atoms with Crippen LogP contribution < -0.4 is 0 Å². The number of aliphatic hydroxyl groups excluding tert-OH is 1. The molecule has 0 bridgehead atoms. The molecule has 0 aliphatic heterocycles. The fourth-order valence-corrected chi connectivity index (χ4v) is 4.08. The largest absolute Gasteiger partial charge is 0.387 e. The average molecular weight is 305 g/mol. The zero-order chi connectivity index (χ0) is 12.1. The summed E-state index contributed by atoms with van der Waals surface area (Å²) in [7, 11) is 0. The Hall–Kier alpha value is 0.140. The lowest BCUT2D eigenvalue weighted by Crippen LogP contribution is -2.11. The van der Waals surface area contributed by atoms with Gasteiger partial charge >= 0.3 is 0 Å². The molecule has 1 heterocycles. The Bertz CT molecular complexity index is 316. The van der Waals surface area contributed by atoms with Crippen molar-refractivity contribution in [2.45, 2.75) is 52.6 Å². The lowest BCUT2D eigenvalue weighted by molar-refractivity contribution is 0.0991. The van der Waals surface area contributed by atoms with E-state index in [1.807, 2.05) is 0 Å². The molecule has 0 radical (unpaired) electrons. The first-order chi connectivity index (χ1) is 7.60. The summed E-state index contributed by atoms with van der Waals surface area (Å²) in [6.45, 7) is 6.45. The van der Waals surface area contributed by atoms with E-state index < -0.39 is 0 Å². The molecule has 16 heavy (non-hydrogen) atoms. The molecule has 0 aliphatic rings. The molecule has 1 aromatic heterocycles. The molecular weight excluding hydrogens is 284 g/mol. The van der Waals surface area contributed by atoms with E-state index in [0.717, 1.165) is 35.0 Å². The third-order valence-corrected chi connectivity index (χ3v) is 4.91. The first-order valence-electron chi connectivity index (χ1n) is 6.04. The number of thiophene rings is 1. The van der Waals surface area contributed by atoms with Crippen LogP contribution in [0.4, 0.5) is 0 Å². The van der Waals surface area contributed by atoms with Crippen molar-refractivity contribution in [3.63, 3.8) is 0 Å². The summed E-state index contributed by atoms with van der Waals surface area (Å²) in [5.74, 6) is 0.407. The Morgan fingerprint density at radius 1 is 1.31 bits per heavy atom. The topological polar surface area (TPSA) is 20.2 Å². The maximum atomic E-state index is 10.4. The number of aryl methyl sites for hydroxylation is 1. The second kappa shape index (κ2) is 6.77. The van der Waals surface area contributed by atoms with Gasteiger partial charge < -0.3 is 5.11 Å². The molecule has 1 aromatic rings. The summed E-state index contributed by atoms with van der Waals surface area (Å²) in [6, 6.07) is 2.10. The number of halogens is 1. The highest BCUT2D eigenvalue weighted by molar-refractivity contribution is 9.10. The molecule has 1 rings (SSSR count). The van der Waals surface area contributed by atoms with Crippen molar-refractivity contribution in [2.75, 3.05) is 0 Å². The third-order valence-electron chi connectivity index (χ3n) is 2.87. The predicted molar refractivity (Wildman–Crippen MR) is 75.0 cm³/mol. The van der Waals surface area contributed by atoms with Gasteiger partial charge in [0.2, 0.25) is 0 Å². The normalized spacial score (nSPS) is 13.4. The summed E-state index contributed by atoms with van der Waals surface area (Å²) >= 11 is 5.24. The third kappa shape index (κ3) is 3.57. The van der Waals surface area contributed by atoms with E-state index in [0.29, 0.717) is 5.92 Å². The van der Waals surface area contributed by atoms with E-state index in [9.17, 15) is 5.11 Å². The highest BCUT2D eigenvalue weighted by atomic mass is 79.9. The molecule has 0 saturated carbocycles. The Morgan fingerprint density at radius 2 is 1.88 bits per heavy atom. The quantitative estimate of drug-likeness (QED) is 0.778. The van der Waals surface area contributed by atoms with Crippen LogP contribution in [0.2, 0.25) is 0 Å². The van der Waals surface area contributed by atoms with Crippen LogP contribution in [-0.4, -0.2) is 5.11 Å². The van der Waals surface area contributed by atoms with Gasteiger partial charge in [-0.15, -0.1) is 11.3 Å². The van der Waals surface area contributed by atoms with Crippen molar-refractivity contribution in [3.05, 3.63) is 20.3 Å². The van der Waals surface area contributed by atoms with Gasteiger partial charge in [-0.1, -0.05) is 26.7 Å². The minimum atomic E-state index is -0.298. The SMILES string of the molecule is CCCC(CCC)C(O)c1sc(C)cc1Br. The maximum absolute atomic E-state index is 10.4. The van der Waals surface area contributed by atoms with Gasteiger partial charge in [0.05, 0.1) is 6.10 Å². The summed E-state index contributed by atoms with van der Waals surface area (Å²) in [5, 5.41) is 10.4. The molecule has 0 saturated heterocycles. The van der Waals surface area contributed by atoms with Crippen molar-refractivity contribution >= 4 is 27.3 Å². The first kappa shape index (κ1) is 14.2. The Kier molecular flexibility index (Phi) is 6.01. The second-order valence-corrected chi connectivity index (χ2v) is 6.49. The molecule has 0 amide bonds. The molecule has 0 fully saturated rings. The average Bonchev–Trinajstić information content (AvgIpc) is 2.56. The van der Waals surface area contributed by atoms with Crippen molar-refractivity contribution in [1.82, 2.24) is 0 Å². The molecular formula is C13H21BrOS. The van der Waals surface area contributed by atoms with Crippen LogP contribution in [0.5, 0.6) is 0 Å². The summed E-state index contributed by atoms with van der Waals surface area (Å²) in [5.41, 5.74) is 0.